The second-order valence-electron chi connectivity index (χ2n) is 4.60. The van der Waals surface area contributed by atoms with E-state index in [0.717, 1.165) is 25.1 Å². The van der Waals surface area contributed by atoms with E-state index < -0.39 is 6.09 Å². The van der Waals surface area contributed by atoms with Crippen molar-refractivity contribution in [3.05, 3.63) is 30.3 Å². The van der Waals surface area contributed by atoms with Crippen molar-refractivity contribution in [2.24, 2.45) is 0 Å². The van der Waals surface area contributed by atoms with Crippen LogP contribution >= 0.6 is 0 Å². The van der Waals surface area contributed by atoms with Crippen LogP contribution in [0.3, 0.4) is 0 Å². The number of benzene rings is 1. The van der Waals surface area contributed by atoms with Gasteiger partial charge in [-0.25, -0.2) is 4.79 Å². The second-order valence-corrected chi connectivity index (χ2v) is 4.60. The Morgan fingerprint density at radius 2 is 2.26 bits per heavy atom. The summed E-state index contributed by atoms with van der Waals surface area (Å²) in [5.41, 5.74) is 0.740. The Labute approximate surface area is 113 Å². The summed E-state index contributed by atoms with van der Waals surface area (Å²) in [4.78, 5) is 13.9. The summed E-state index contributed by atoms with van der Waals surface area (Å²) < 4.78 is 5.41. The van der Waals surface area contributed by atoms with E-state index in [9.17, 15) is 4.79 Å². The van der Waals surface area contributed by atoms with Gasteiger partial charge in [0.25, 0.3) is 0 Å². The van der Waals surface area contributed by atoms with Crippen LogP contribution in [-0.4, -0.2) is 36.7 Å². The summed E-state index contributed by atoms with van der Waals surface area (Å²) >= 11 is 0. The average Bonchev–Trinajstić information content (AvgIpc) is 2.40. The molecule has 100 valence electrons. The molecule has 1 N–H and O–H groups in total. The lowest BCUT2D eigenvalue weighted by Crippen LogP contribution is -2.41. The Morgan fingerprint density at radius 3 is 3.00 bits per heavy atom. The summed E-state index contributed by atoms with van der Waals surface area (Å²) in [6.07, 6.45) is 6.71. The lowest BCUT2D eigenvalue weighted by atomic mass is 10.1. The van der Waals surface area contributed by atoms with Crippen molar-refractivity contribution in [2.45, 2.75) is 18.9 Å². The number of ether oxygens (including phenoxy) is 1. The summed E-state index contributed by atoms with van der Waals surface area (Å²) in [6, 6.07) is 9.28. The zero-order valence-corrected chi connectivity index (χ0v) is 10.8. The fourth-order valence-electron chi connectivity index (χ4n) is 2.20. The van der Waals surface area contributed by atoms with Crippen LogP contribution in [0.5, 0.6) is 0 Å². The number of terminal acetylenes is 1. The molecule has 0 spiro atoms. The first-order valence-corrected chi connectivity index (χ1v) is 6.46. The molecule has 1 aromatic carbocycles. The van der Waals surface area contributed by atoms with Gasteiger partial charge in [0.2, 0.25) is 0 Å². The summed E-state index contributed by atoms with van der Waals surface area (Å²) in [5, 5.41) is 2.72. The topological polar surface area (TPSA) is 41.6 Å². The van der Waals surface area contributed by atoms with Crippen LogP contribution < -0.4 is 5.32 Å². The highest BCUT2D eigenvalue weighted by atomic mass is 16.6. The summed E-state index contributed by atoms with van der Waals surface area (Å²) in [7, 11) is 0. The first-order chi connectivity index (χ1) is 9.28. The van der Waals surface area contributed by atoms with Crippen molar-refractivity contribution in [3.8, 4) is 12.3 Å². The molecule has 19 heavy (non-hydrogen) atoms. The molecule has 0 bridgehead atoms. The molecule has 1 aromatic rings. The van der Waals surface area contributed by atoms with Crippen molar-refractivity contribution in [1.29, 1.82) is 0 Å². The second kappa shape index (κ2) is 6.81. The molecule has 1 atom stereocenters. The SMILES string of the molecule is C#CCN1CCCC(OC(=O)Nc2ccccc2)C1. The van der Waals surface area contributed by atoms with Crippen molar-refractivity contribution in [1.82, 2.24) is 4.90 Å². The van der Waals surface area contributed by atoms with E-state index in [4.69, 9.17) is 11.2 Å². The fraction of sp³-hybridized carbons (Fsp3) is 0.400. The predicted molar refractivity (Wildman–Crippen MR) is 74.8 cm³/mol. The number of nitrogens with one attached hydrogen (secondary N) is 1. The van der Waals surface area contributed by atoms with Crippen LogP contribution in [0.25, 0.3) is 0 Å². The summed E-state index contributed by atoms with van der Waals surface area (Å²) in [6.45, 7) is 2.30. The molecule has 1 aliphatic rings. The van der Waals surface area contributed by atoms with Crippen molar-refractivity contribution >= 4 is 11.8 Å². The van der Waals surface area contributed by atoms with Crippen LogP contribution in [0.1, 0.15) is 12.8 Å². The zero-order chi connectivity index (χ0) is 13.5. The number of hydrogen-bond donors (Lipinski definition) is 1. The van der Waals surface area contributed by atoms with Crippen LogP contribution in [-0.2, 0) is 4.74 Å². The van der Waals surface area contributed by atoms with Gasteiger partial charge in [-0.15, -0.1) is 6.42 Å². The molecule has 0 aromatic heterocycles. The van der Waals surface area contributed by atoms with E-state index in [1.165, 1.54) is 0 Å². The number of nitrogens with zero attached hydrogens (tertiary/aromatic N) is 1. The Morgan fingerprint density at radius 1 is 1.47 bits per heavy atom. The Bertz CT molecular complexity index is 453. The van der Waals surface area contributed by atoms with Crippen LogP contribution in [0.2, 0.25) is 0 Å². The molecule has 1 fully saturated rings. The molecule has 0 aliphatic carbocycles. The third-order valence-corrected chi connectivity index (χ3v) is 3.07. The molecule has 1 aliphatic heterocycles. The number of piperidine rings is 1. The quantitative estimate of drug-likeness (QED) is 0.846. The van der Waals surface area contributed by atoms with Gasteiger partial charge < -0.3 is 4.74 Å². The third-order valence-electron chi connectivity index (χ3n) is 3.07. The van der Waals surface area contributed by atoms with Gasteiger partial charge in [-0.3, -0.25) is 10.2 Å². The maximum atomic E-state index is 11.8. The van der Waals surface area contributed by atoms with Gasteiger partial charge in [-0.2, -0.15) is 0 Å². The number of para-hydroxylation sites is 1. The van der Waals surface area contributed by atoms with Gasteiger partial charge in [0, 0.05) is 12.2 Å². The third kappa shape index (κ3) is 4.31. The molecule has 4 heteroatoms. The average molecular weight is 258 g/mol. The minimum atomic E-state index is -0.404. The van der Waals surface area contributed by atoms with E-state index in [2.05, 4.69) is 16.1 Å². The minimum absolute atomic E-state index is 0.0780. The van der Waals surface area contributed by atoms with Gasteiger partial charge in [0.1, 0.15) is 6.10 Å². The Hall–Kier alpha value is -1.99. The normalized spacial score (nSPS) is 19.4. The number of amides is 1. The van der Waals surface area contributed by atoms with E-state index >= 15 is 0 Å². The smallest absolute Gasteiger partial charge is 0.411 e. The fourth-order valence-corrected chi connectivity index (χ4v) is 2.20. The van der Waals surface area contributed by atoms with E-state index in [0.29, 0.717) is 13.1 Å². The number of rotatable bonds is 3. The molecule has 2 rings (SSSR count). The first-order valence-electron chi connectivity index (χ1n) is 6.46. The van der Waals surface area contributed by atoms with Crippen LogP contribution in [0.15, 0.2) is 30.3 Å². The van der Waals surface area contributed by atoms with Gasteiger partial charge >= 0.3 is 6.09 Å². The number of hydrogen-bond acceptors (Lipinski definition) is 3. The van der Waals surface area contributed by atoms with Crippen LogP contribution in [0, 0.1) is 12.3 Å². The molecular formula is C15H18N2O2. The maximum Gasteiger partial charge on any atom is 0.411 e. The highest BCUT2D eigenvalue weighted by Crippen LogP contribution is 2.14. The zero-order valence-electron chi connectivity index (χ0n) is 10.8. The van der Waals surface area contributed by atoms with E-state index in [-0.39, 0.29) is 6.10 Å². The lowest BCUT2D eigenvalue weighted by Gasteiger charge is -2.30. The van der Waals surface area contributed by atoms with E-state index in [1.807, 2.05) is 30.3 Å². The van der Waals surface area contributed by atoms with Crippen molar-refractivity contribution < 1.29 is 9.53 Å². The molecule has 0 saturated carbocycles. The monoisotopic (exact) mass is 258 g/mol. The molecule has 4 nitrogen and oxygen atoms in total. The van der Waals surface area contributed by atoms with Gasteiger partial charge in [-0.1, -0.05) is 24.1 Å². The number of likely N-dealkylation sites (tertiary alicyclic amines) is 1. The lowest BCUT2D eigenvalue weighted by molar-refractivity contribution is 0.0549. The summed E-state index contributed by atoms with van der Waals surface area (Å²) in [5.74, 6) is 2.62. The molecule has 1 saturated heterocycles. The Balaban J connectivity index is 1.80. The molecule has 1 heterocycles. The largest absolute Gasteiger partial charge is 0.445 e. The highest BCUT2D eigenvalue weighted by molar-refractivity contribution is 5.84. The predicted octanol–water partition coefficient (Wildman–Crippen LogP) is 2.33. The highest BCUT2D eigenvalue weighted by Gasteiger charge is 2.22. The van der Waals surface area contributed by atoms with Gasteiger partial charge in [-0.05, 0) is 31.5 Å². The standard InChI is InChI=1S/C15H18N2O2/c1-2-10-17-11-6-9-14(12-17)19-15(18)16-13-7-4-3-5-8-13/h1,3-5,7-8,14H,6,9-12H2,(H,16,18). The van der Waals surface area contributed by atoms with E-state index in [1.54, 1.807) is 0 Å². The van der Waals surface area contributed by atoms with Crippen molar-refractivity contribution in [3.63, 3.8) is 0 Å². The maximum absolute atomic E-state index is 11.8. The number of carbonyl (C=O) groups is 1. The number of anilines is 1. The number of carbonyl (C=O) groups excluding carboxylic acids is 1. The minimum Gasteiger partial charge on any atom is -0.445 e. The molecule has 1 amide bonds. The molecule has 1 unspecified atom stereocenters. The van der Waals surface area contributed by atoms with Crippen LogP contribution in [0.4, 0.5) is 10.5 Å². The Kier molecular flexibility index (Phi) is 4.82. The van der Waals surface area contributed by atoms with Crippen molar-refractivity contribution in [2.75, 3.05) is 25.0 Å². The first kappa shape index (κ1) is 13.4. The molecular weight excluding hydrogens is 240 g/mol. The van der Waals surface area contributed by atoms with Gasteiger partial charge in [0.05, 0.1) is 6.54 Å². The van der Waals surface area contributed by atoms with Gasteiger partial charge in [0.15, 0.2) is 0 Å². The molecule has 0 radical (unpaired) electrons.